The van der Waals surface area contributed by atoms with Gasteiger partial charge in [0.2, 0.25) is 5.89 Å². The van der Waals surface area contributed by atoms with E-state index < -0.39 is 5.97 Å². The Hall–Kier alpha value is -2.73. The number of aryl methyl sites for hydroxylation is 2. The second-order valence-corrected chi connectivity index (χ2v) is 8.09. The van der Waals surface area contributed by atoms with Crippen molar-refractivity contribution in [1.82, 2.24) is 4.98 Å². The van der Waals surface area contributed by atoms with E-state index in [-0.39, 0.29) is 5.75 Å². The fourth-order valence-corrected chi connectivity index (χ4v) is 3.82. The predicted molar refractivity (Wildman–Crippen MR) is 120 cm³/mol. The summed E-state index contributed by atoms with van der Waals surface area (Å²) in [4.78, 5) is 15.3. The largest absolute Gasteiger partial charge is 0.493 e. The zero-order valence-electron chi connectivity index (χ0n) is 17.4. The highest BCUT2D eigenvalue weighted by Gasteiger charge is 2.12. The van der Waals surface area contributed by atoms with Gasteiger partial charge in [0.05, 0.1) is 18.1 Å². The van der Waals surface area contributed by atoms with Crippen molar-refractivity contribution < 1.29 is 19.1 Å². The van der Waals surface area contributed by atoms with E-state index in [9.17, 15) is 4.79 Å². The van der Waals surface area contributed by atoms with E-state index in [0.717, 1.165) is 41.2 Å². The Morgan fingerprint density at radius 3 is 2.67 bits per heavy atom. The van der Waals surface area contributed by atoms with E-state index in [0.29, 0.717) is 24.7 Å². The van der Waals surface area contributed by atoms with E-state index in [1.807, 2.05) is 31.2 Å². The number of hydrogen-bond donors (Lipinski definition) is 1. The third-order valence-corrected chi connectivity index (χ3v) is 5.62. The first kappa shape index (κ1) is 22.0. The van der Waals surface area contributed by atoms with Crippen LogP contribution in [0.4, 0.5) is 0 Å². The smallest absolute Gasteiger partial charge is 0.313 e. The van der Waals surface area contributed by atoms with Crippen LogP contribution in [0.15, 0.2) is 52.9 Å². The van der Waals surface area contributed by atoms with Crippen LogP contribution in [0.1, 0.15) is 35.9 Å². The second-order valence-electron chi connectivity index (χ2n) is 7.10. The molecule has 1 aromatic heterocycles. The molecule has 1 N–H and O–H groups in total. The average molecular weight is 426 g/mol. The Bertz CT molecular complexity index is 966. The summed E-state index contributed by atoms with van der Waals surface area (Å²) in [5.41, 5.74) is 4.25. The Balaban J connectivity index is 1.54. The highest BCUT2D eigenvalue weighted by Crippen LogP contribution is 2.23. The number of aromatic nitrogens is 1. The van der Waals surface area contributed by atoms with Crippen LogP contribution in [0.5, 0.6) is 5.75 Å². The second kappa shape index (κ2) is 10.9. The zero-order chi connectivity index (χ0) is 21.3. The SMILES string of the molecule is CCCc1ccc(-c2nc(CCOc3cccc(CSCC(=O)O)c3)c(C)o2)cc1. The highest BCUT2D eigenvalue weighted by atomic mass is 32.2. The molecule has 0 bridgehead atoms. The molecule has 0 unspecified atom stereocenters. The van der Waals surface area contributed by atoms with Crippen molar-refractivity contribution in [3.05, 3.63) is 71.1 Å². The van der Waals surface area contributed by atoms with Crippen molar-refractivity contribution >= 4 is 17.7 Å². The number of ether oxygens (including phenoxy) is 1. The third kappa shape index (κ3) is 6.39. The van der Waals surface area contributed by atoms with Gasteiger partial charge in [0, 0.05) is 17.7 Å². The number of nitrogens with zero attached hydrogens (tertiary/aromatic N) is 1. The maximum absolute atomic E-state index is 10.6. The summed E-state index contributed by atoms with van der Waals surface area (Å²) < 4.78 is 11.8. The van der Waals surface area contributed by atoms with Gasteiger partial charge in [-0.1, -0.05) is 37.6 Å². The minimum absolute atomic E-state index is 0.0974. The fraction of sp³-hybridized carbons (Fsp3) is 0.333. The molecule has 1 heterocycles. The number of oxazole rings is 1. The van der Waals surface area contributed by atoms with Gasteiger partial charge in [-0.15, -0.1) is 11.8 Å². The number of thioether (sulfide) groups is 1. The maximum Gasteiger partial charge on any atom is 0.313 e. The van der Waals surface area contributed by atoms with E-state index in [2.05, 4.69) is 36.2 Å². The summed E-state index contributed by atoms with van der Waals surface area (Å²) in [5.74, 6) is 2.17. The first-order chi connectivity index (χ1) is 14.5. The molecule has 0 aliphatic carbocycles. The molecule has 3 rings (SSSR count). The molecule has 0 spiro atoms. The monoisotopic (exact) mass is 425 g/mol. The lowest BCUT2D eigenvalue weighted by Crippen LogP contribution is -2.03. The van der Waals surface area contributed by atoms with Gasteiger partial charge in [-0.3, -0.25) is 4.79 Å². The summed E-state index contributed by atoms with van der Waals surface area (Å²) in [7, 11) is 0. The Morgan fingerprint density at radius 1 is 1.13 bits per heavy atom. The van der Waals surface area contributed by atoms with Gasteiger partial charge in [0.25, 0.3) is 0 Å². The summed E-state index contributed by atoms with van der Waals surface area (Å²) in [6.45, 7) is 4.60. The van der Waals surface area contributed by atoms with Crippen LogP contribution in [0.3, 0.4) is 0 Å². The molecule has 0 aliphatic heterocycles. The summed E-state index contributed by atoms with van der Waals surface area (Å²) in [6, 6.07) is 16.1. The molecule has 30 heavy (non-hydrogen) atoms. The van der Waals surface area contributed by atoms with E-state index in [1.54, 1.807) is 0 Å². The van der Waals surface area contributed by atoms with Gasteiger partial charge >= 0.3 is 5.97 Å². The summed E-state index contributed by atoms with van der Waals surface area (Å²) >= 11 is 1.37. The molecule has 0 aliphatic rings. The molecule has 5 nitrogen and oxygen atoms in total. The van der Waals surface area contributed by atoms with Crippen LogP contribution in [-0.2, 0) is 23.4 Å². The van der Waals surface area contributed by atoms with Crippen molar-refractivity contribution in [1.29, 1.82) is 0 Å². The molecular formula is C24H27NO4S. The Labute approximate surface area is 181 Å². The molecule has 3 aromatic rings. The number of rotatable bonds is 11. The van der Waals surface area contributed by atoms with Gasteiger partial charge in [-0.05, 0) is 48.7 Å². The zero-order valence-corrected chi connectivity index (χ0v) is 18.2. The summed E-state index contributed by atoms with van der Waals surface area (Å²) in [6.07, 6.45) is 2.86. The van der Waals surface area contributed by atoms with Crippen molar-refractivity contribution in [2.75, 3.05) is 12.4 Å². The number of carboxylic acids is 1. The minimum Gasteiger partial charge on any atom is -0.493 e. The lowest BCUT2D eigenvalue weighted by atomic mass is 10.1. The van der Waals surface area contributed by atoms with Gasteiger partial charge in [-0.2, -0.15) is 0 Å². The molecule has 0 amide bonds. The molecule has 6 heteroatoms. The fourth-order valence-electron chi connectivity index (χ4n) is 3.13. The minimum atomic E-state index is -0.799. The molecule has 0 saturated carbocycles. The molecule has 0 fully saturated rings. The van der Waals surface area contributed by atoms with E-state index in [1.165, 1.54) is 17.3 Å². The Kier molecular flexibility index (Phi) is 7.97. The van der Waals surface area contributed by atoms with Gasteiger partial charge in [-0.25, -0.2) is 4.98 Å². The normalized spacial score (nSPS) is 10.9. The van der Waals surface area contributed by atoms with E-state index in [4.69, 9.17) is 14.3 Å². The molecule has 0 atom stereocenters. The van der Waals surface area contributed by atoms with Crippen molar-refractivity contribution in [2.24, 2.45) is 0 Å². The molecular weight excluding hydrogens is 398 g/mol. The predicted octanol–water partition coefficient (Wildman–Crippen LogP) is 5.54. The molecule has 0 radical (unpaired) electrons. The highest BCUT2D eigenvalue weighted by molar-refractivity contribution is 7.99. The number of carboxylic acid groups (broad SMARTS) is 1. The number of aliphatic carboxylic acids is 1. The summed E-state index contributed by atoms with van der Waals surface area (Å²) in [5, 5.41) is 8.74. The number of carbonyl (C=O) groups is 1. The van der Waals surface area contributed by atoms with Gasteiger partial charge < -0.3 is 14.3 Å². The third-order valence-electron chi connectivity index (χ3n) is 4.63. The van der Waals surface area contributed by atoms with Crippen molar-refractivity contribution in [3.8, 4) is 17.2 Å². The van der Waals surface area contributed by atoms with Crippen LogP contribution in [-0.4, -0.2) is 28.4 Å². The topological polar surface area (TPSA) is 72.6 Å². The van der Waals surface area contributed by atoms with Crippen LogP contribution in [0, 0.1) is 6.92 Å². The lowest BCUT2D eigenvalue weighted by molar-refractivity contribution is -0.133. The van der Waals surface area contributed by atoms with Gasteiger partial charge in [0.15, 0.2) is 0 Å². The van der Waals surface area contributed by atoms with Crippen LogP contribution < -0.4 is 4.74 Å². The molecule has 0 saturated heterocycles. The first-order valence-corrected chi connectivity index (χ1v) is 11.3. The number of benzene rings is 2. The van der Waals surface area contributed by atoms with Crippen LogP contribution in [0.25, 0.3) is 11.5 Å². The number of hydrogen-bond acceptors (Lipinski definition) is 5. The standard InChI is InChI=1S/C24H27NO4S/c1-3-5-18-8-10-20(11-9-18)24-25-22(17(2)29-24)12-13-28-21-7-4-6-19(14-21)15-30-16-23(26)27/h4,6-11,14H,3,5,12-13,15-16H2,1-2H3,(H,26,27). The van der Waals surface area contributed by atoms with Crippen LogP contribution >= 0.6 is 11.8 Å². The molecule has 158 valence electrons. The maximum atomic E-state index is 10.6. The Morgan fingerprint density at radius 2 is 1.93 bits per heavy atom. The quantitative estimate of drug-likeness (QED) is 0.435. The van der Waals surface area contributed by atoms with Gasteiger partial charge in [0.1, 0.15) is 11.5 Å². The average Bonchev–Trinajstić information content (AvgIpc) is 3.09. The van der Waals surface area contributed by atoms with Crippen LogP contribution in [0.2, 0.25) is 0 Å². The van der Waals surface area contributed by atoms with E-state index >= 15 is 0 Å². The van der Waals surface area contributed by atoms with Crippen molar-refractivity contribution in [3.63, 3.8) is 0 Å². The first-order valence-electron chi connectivity index (χ1n) is 10.1. The van der Waals surface area contributed by atoms with Crippen molar-refractivity contribution in [2.45, 2.75) is 38.9 Å². The molecule has 2 aromatic carbocycles. The lowest BCUT2D eigenvalue weighted by Gasteiger charge is -2.07.